The molecule has 1 unspecified atom stereocenters. The maximum Gasteiger partial charge on any atom is 0.255 e. The number of carbonyl (C=O) groups is 2. The molecule has 0 aromatic heterocycles. The Morgan fingerprint density at radius 3 is 2.89 bits per heavy atom. The standard InChI is InChI=1S/C14H15BrClNO2/c1-2-9-8-17(6-5-13(9)18)14(19)11-4-3-10(16)7-12(11)15/h3-4,7,9H,2,5-6,8H2,1H3. The minimum atomic E-state index is -0.0468. The van der Waals surface area contributed by atoms with Gasteiger partial charge in [-0.15, -0.1) is 0 Å². The number of likely N-dealkylation sites (tertiary alicyclic amines) is 1. The van der Waals surface area contributed by atoms with Crippen molar-refractivity contribution >= 4 is 39.2 Å². The summed E-state index contributed by atoms with van der Waals surface area (Å²) in [4.78, 5) is 25.9. The molecule has 19 heavy (non-hydrogen) atoms. The van der Waals surface area contributed by atoms with Gasteiger partial charge in [-0.1, -0.05) is 18.5 Å². The first kappa shape index (κ1) is 14.5. The molecule has 1 aromatic rings. The second-order valence-electron chi connectivity index (χ2n) is 4.70. The van der Waals surface area contributed by atoms with E-state index in [9.17, 15) is 9.59 Å². The molecule has 5 heteroatoms. The van der Waals surface area contributed by atoms with Gasteiger partial charge in [0.2, 0.25) is 0 Å². The predicted molar refractivity (Wildman–Crippen MR) is 78.5 cm³/mol. The van der Waals surface area contributed by atoms with Gasteiger partial charge in [0.1, 0.15) is 5.78 Å². The molecule has 0 aliphatic carbocycles. The molecule has 0 radical (unpaired) electrons. The molecular weight excluding hydrogens is 330 g/mol. The van der Waals surface area contributed by atoms with Crippen LogP contribution in [0.15, 0.2) is 22.7 Å². The number of piperidine rings is 1. The Labute approximate surface area is 126 Å². The van der Waals surface area contributed by atoms with Crippen LogP contribution in [-0.4, -0.2) is 29.7 Å². The lowest BCUT2D eigenvalue weighted by molar-refractivity contribution is -0.125. The molecule has 1 atom stereocenters. The maximum atomic E-state index is 12.4. The molecule has 1 saturated heterocycles. The fraction of sp³-hybridized carbons (Fsp3) is 0.429. The van der Waals surface area contributed by atoms with Crippen molar-refractivity contribution < 1.29 is 9.59 Å². The zero-order valence-corrected chi connectivity index (χ0v) is 13.0. The van der Waals surface area contributed by atoms with Gasteiger partial charge in [-0.25, -0.2) is 0 Å². The van der Waals surface area contributed by atoms with Gasteiger partial charge in [0.25, 0.3) is 5.91 Å². The Bertz CT molecular complexity index is 518. The van der Waals surface area contributed by atoms with Crippen LogP contribution in [0.25, 0.3) is 0 Å². The Hall–Kier alpha value is -0.870. The molecule has 1 amide bonds. The number of carbonyl (C=O) groups excluding carboxylic acids is 2. The van der Waals surface area contributed by atoms with Crippen LogP contribution in [-0.2, 0) is 4.79 Å². The quantitative estimate of drug-likeness (QED) is 0.823. The third-order valence-corrected chi connectivity index (χ3v) is 4.36. The second kappa shape index (κ2) is 6.06. The highest BCUT2D eigenvalue weighted by Crippen LogP contribution is 2.25. The predicted octanol–water partition coefficient (Wildman–Crippen LogP) is 3.54. The van der Waals surface area contributed by atoms with Crippen LogP contribution in [0.1, 0.15) is 30.1 Å². The number of ketones is 1. The van der Waals surface area contributed by atoms with Crippen molar-refractivity contribution in [3.05, 3.63) is 33.3 Å². The Kier molecular flexibility index (Phi) is 4.63. The molecule has 0 bridgehead atoms. The summed E-state index contributed by atoms with van der Waals surface area (Å²) in [5.74, 6) is 0.194. The summed E-state index contributed by atoms with van der Waals surface area (Å²) in [6.07, 6.45) is 1.24. The molecule has 3 nitrogen and oxygen atoms in total. The first-order chi connectivity index (χ1) is 9.02. The first-order valence-electron chi connectivity index (χ1n) is 6.30. The van der Waals surface area contributed by atoms with Crippen molar-refractivity contribution in [2.75, 3.05) is 13.1 Å². The summed E-state index contributed by atoms with van der Waals surface area (Å²) >= 11 is 9.23. The Morgan fingerprint density at radius 1 is 1.53 bits per heavy atom. The van der Waals surface area contributed by atoms with Crippen molar-refractivity contribution in [2.45, 2.75) is 19.8 Å². The smallest absolute Gasteiger partial charge is 0.255 e. The lowest BCUT2D eigenvalue weighted by atomic mass is 9.93. The van der Waals surface area contributed by atoms with Gasteiger partial charge < -0.3 is 4.90 Å². The van der Waals surface area contributed by atoms with E-state index in [1.165, 1.54) is 0 Å². The molecule has 0 N–H and O–H groups in total. The average Bonchev–Trinajstić information content (AvgIpc) is 2.38. The maximum absolute atomic E-state index is 12.4. The van der Waals surface area contributed by atoms with Gasteiger partial charge in [-0.2, -0.15) is 0 Å². The van der Waals surface area contributed by atoms with Crippen LogP contribution in [0.3, 0.4) is 0 Å². The normalized spacial score (nSPS) is 19.6. The lowest BCUT2D eigenvalue weighted by Gasteiger charge is -2.31. The molecule has 1 fully saturated rings. The van der Waals surface area contributed by atoms with E-state index in [0.717, 1.165) is 6.42 Å². The summed E-state index contributed by atoms with van der Waals surface area (Å²) in [6.45, 7) is 3.00. The van der Waals surface area contributed by atoms with Gasteiger partial charge in [-0.05, 0) is 40.5 Å². The van der Waals surface area contributed by atoms with Gasteiger partial charge in [0.15, 0.2) is 0 Å². The highest BCUT2D eigenvalue weighted by molar-refractivity contribution is 9.10. The minimum absolute atomic E-state index is 0.0243. The number of hydrogen-bond acceptors (Lipinski definition) is 2. The zero-order valence-electron chi connectivity index (χ0n) is 10.7. The third-order valence-electron chi connectivity index (χ3n) is 3.47. The lowest BCUT2D eigenvalue weighted by Crippen LogP contribution is -2.44. The van der Waals surface area contributed by atoms with Gasteiger partial charge in [0, 0.05) is 34.9 Å². The Balaban J connectivity index is 2.18. The number of halogens is 2. The average molecular weight is 345 g/mol. The summed E-state index contributed by atoms with van der Waals surface area (Å²) in [7, 11) is 0. The van der Waals surface area contributed by atoms with E-state index in [0.29, 0.717) is 34.6 Å². The van der Waals surface area contributed by atoms with E-state index in [-0.39, 0.29) is 17.6 Å². The fourth-order valence-electron chi connectivity index (χ4n) is 2.28. The highest BCUT2D eigenvalue weighted by Gasteiger charge is 2.29. The van der Waals surface area contributed by atoms with Crippen LogP contribution in [0, 0.1) is 5.92 Å². The number of nitrogens with zero attached hydrogens (tertiary/aromatic N) is 1. The second-order valence-corrected chi connectivity index (χ2v) is 5.99. The number of Topliss-reactive ketones (excluding diaryl/α,β-unsaturated/α-hetero) is 1. The monoisotopic (exact) mass is 343 g/mol. The van der Waals surface area contributed by atoms with Crippen molar-refractivity contribution in [2.24, 2.45) is 5.92 Å². The summed E-state index contributed by atoms with van der Waals surface area (Å²) in [6, 6.07) is 5.12. The summed E-state index contributed by atoms with van der Waals surface area (Å²) < 4.78 is 0.690. The number of rotatable bonds is 2. The SMILES string of the molecule is CCC1CN(C(=O)c2ccc(Cl)cc2Br)CCC1=O. The highest BCUT2D eigenvalue weighted by atomic mass is 79.9. The van der Waals surface area contributed by atoms with E-state index in [4.69, 9.17) is 11.6 Å². The largest absolute Gasteiger partial charge is 0.337 e. The summed E-state index contributed by atoms with van der Waals surface area (Å²) in [5, 5.41) is 0.587. The number of hydrogen-bond donors (Lipinski definition) is 0. The molecule has 1 heterocycles. The zero-order chi connectivity index (χ0) is 14.0. The van der Waals surface area contributed by atoms with Crippen molar-refractivity contribution in [1.29, 1.82) is 0 Å². The van der Waals surface area contributed by atoms with Gasteiger partial charge >= 0.3 is 0 Å². The topological polar surface area (TPSA) is 37.4 Å². The number of amides is 1. The van der Waals surface area contributed by atoms with Crippen molar-refractivity contribution in [3.8, 4) is 0 Å². The van der Waals surface area contributed by atoms with Crippen LogP contribution in [0.2, 0.25) is 5.02 Å². The molecule has 2 rings (SSSR count). The van der Waals surface area contributed by atoms with Gasteiger partial charge in [0.05, 0.1) is 5.56 Å². The summed E-state index contributed by atoms with van der Waals surface area (Å²) in [5.41, 5.74) is 0.591. The minimum Gasteiger partial charge on any atom is -0.337 e. The Morgan fingerprint density at radius 2 is 2.26 bits per heavy atom. The fourth-order valence-corrected chi connectivity index (χ4v) is 3.14. The number of benzene rings is 1. The van der Waals surface area contributed by atoms with Crippen LogP contribution < -0.4 is 0 Å². The molecular formula is C14H15BrClNO2. The molecule has 1 aliphatic rings. The molecule has 1 aromatic carbocycles. The van der Waals surface area contributed by atoms with Crippen LogP contribution >= 0.6 is 27.5 Å². The van der Waals surface area contributed by atoms with Crippen LogP contribution in [0.5, 0.6) is 0 Å². The molecule has 102 valence electrons. The van der Waals surface area contributed by atoms with Crippen molar-refractivity contribution in [1.82, 2.24) is 4.90 Å². The van der Waals surface area contributed by atoms with E-state index in [1.54, 1.807) is 23.1 Å². The van der Waals surface area contributed by atoms with Crippen LogP contribution in [0.4, 0.5) is 0 Å². The molecule has 1 aliphatic heterocycles. The van der Waals surface area contributed by atoms with Crippen molar-refractivity contribution in [3.63, 3.8) is 0 Å². The van der Waals surface area contributed by atoms with E-state index < -0.39 is 0 Å². The molecule has 0 saturated carbocycles. The molecule has 0 spiro atoms. The van der Waals surface area contributed by atoms with E-state index in [2.05, 4.69) is 15.9 Å². The van der Waals surface area contributed by atoms with E-state index >= 15 is 0 Å². The third kappa shape index (κ3) is 3.18. The first-order valence-corrected chi connectivity index (χ1v) is 7.47. The van der Waals surface area contributed by atoms with E-state index in [1.807, 2.05) is 6.92 Å². The van der Waals surface area contributed by atoms with Gasteiger partial charge in [-0.3, -0.25) is 9.59 Å².